The first-order chi connectivity index (χ1) is 16.3. The monoisotopic (exact) mass is 460 g/mol. The van der Waals surface area contributed by atoms with E-state index in [9.17, 15) is 0 Å². The zero-order valence-electron chi connectivity index (χ0n) is 22.6. The SMILES string of the molecule is CCC12CC3CC(C1)CC(C14CC5CC(C1)CC(C16CC7CC(CC(CC)(C7)C1)C6)(C5)C4)(C3)C2. The summed E-state index contributed by atoms with van der Waals surface area (Å²) in [5.41, 5.74) is 4.65. The van der Waals surface area contributed by atoms with Crippen LogP contribution in [-0.4, -0.2) is 0 Å². The third kappa shape index (κ3) is 2.37. The molecule has 0 saturated heterocycles. The van der Waals surface area contributed by atoms with Crippen molar-refractivity contribution in [3.63, 3.8) is 0 Å². The first-order valence-electron chi connectivity index (χ1n) is 16.3. The Kier molecular flexibility index (Phi) is 3.81. The van der Waals surface area contributed by atoms with Crippen molar-refractivity contribution in [2.45, 2.75) is 142 Å². The molecular weight excluding hydrogens is 408 g/mol. The Balaban J connectivity index is 1.15. The molecule has 0 aromatic carbocycles. The molecule has 12 rings (SSSR count). The zero-order valence-corrected chi connectivity index (χ0v) is 22.6. The van der Waals surface area contributed by atoms with Gasteiger partial charge >= 0.3 is 0 Å². The van der Waals surface area contributed by atoms with Crippen LogP contribution in [0.4, 0.5) is 0 Å². The highest BCUT2D eigenvalue weighted by Gasteiger charge is 2.74. The van der Waals surface area contributed by atoms with Crippen LogP contribution in [0.25, 0.3) is 0 Å². The van der Waals surface area contributed by atoms with Crippen LogP contribution in [0.15, 0.2) is 0 Å². The van der Waals surface area contributed by atoms with E-state index < -0.39 is 0 Å². The molecule has 12 fully saturated rings. The van der Waals surface area contributed by atoms with Crippen molar-refractivity contribution in [2.24, 2.45) is 68.0 Å². The lowest BCUT2D eigenvalue weighted by Crippen LogP contribution is -2.68. The molecule has 12 aliphatic carbocycles. The van der Waals surface area contributed by atoms with E-state index in [1.54, 1.807) is 116 Å². The minimum absolute atomic E-state index is 0.771. The molecule has 4 unspecified atom stereocenters. The summed E-state index contributed by atoms with van der Waals surface area (Å²) in [7, 11) is 0. The molecule has 34 heavy (non-hydrogen) atoms. The van der Waals surface area contributed by atoms with Gasteiger partial charge in [0, 0.05) is 0 Å². The van der Waals surface area contributed by atoms with Gasteiger partial charge in [0.05, 0.1) is 0 Å². The molecule has 0 aromatic heterocycles. The van der Waals surface area contributed by atoms with Crippen LogP contribution < -0.4 is 0 Å². The highest BCUT2D eigenvalue weighted by Crippen LogP contribution is 2.84. The van der Waals surface area contributed by atoms with Crippen LogP contribution in [0.2, 0.25) is 0 Å². The summed E-state index contributed by atoms with van der Waals surface area (Å²) in [5.74, 6) is 6.72. The van der Waals surface area contributed by atoms with Crippen LogP contribution in [0, 0.1) is 68.0 Å². The topological polar surface area (TPSA) is 0 Å². The average Bonchev–Trinajstić information content (AvgIpc) is 2.76. The maximum Gasteiger partial charge on any atom is -0.0230 e. The molecule has 12 aliphatic rings. The van der Waals surface area contributed by atoms with Gasteiger partial charge in [-0.25, -0.2) is 0 Å². The van der Waals surface area contributed by atoms with Gasteiger partial charge < -0.3 is 0 Å². The van der Waals surface area contributed by atoms with Crippen LogP contribution in [-0.2, 0) is 0 Å². The smallest absolute Gasteiger partial charge is 0.0230 e. The summed E-state index contributed by atoms with van der Waals surface area (Å²) in [5, 5.41) is 0. The summed E-state index contributed by atoms with van der Waals surface area (Å²) in [6, 6.07) is 0. The summed E-state index contributed by atoms with van der Waals surface area (Å²) in [6.07, 6.45) is 33.0. The zero-order chi connectivity index (χ0) is 22.6. The fourth-order valence-electron chi connectivity index (χ4n) is 16.5. The van der Waals surface area contributed by atoms with E-state index >= 15 is 0 Å². The fraction of sp³-hybridized carbons (Fsp3) is 1.00. The lowest BCUT2D eigenvalue weighted by Gasteiger charge is -2.78. The van der Waals surface area contributed by atoms with Crippen molar-refractivity contribution in [2.75, 3.05) is 0 Å². The Bertz CT molecular complexity index is 795. The maximum absolute atomic E-state index is 2.58. The van der Waals surface area contributed by atoms with E-state index in [0.717, 1.165) is 68.0 Å². The molecule has 12 bridgehead atoms. The summed E-state index contributed by atoms with van der Waals surface area (Å²) >= 11 is 0. The van der Waals surface area contributed by atoms with E-state index in [-0.39, 0.29) is 0 Å². The molecular formula is C34H52. The molecule has 0 spiro atoms. The number of hydrogen-bond donors (Lipinski definition) is 0. The lowest BCUT2D eigenvalue weighted by molar-refractivity contribution is -0.282. The Labute approximate surface area is 210 Å². The molecule has 0 radical (unpaired) electrons. The molecule has 0 aromatic rings. The third-order valence-corrected chi connectivity index (χ3v) is 16.2. The maximum atomic E-state index is 2.58. The summed E-state index contributed by atoms with van der Waals surface area (Å²) in [4.78, 5) is 0. The third-order valence-electron chi connectivity index (χ3n) is 16.2. The van der Waals surface area contributed by atoms with Crippen LogP contribution in [0.5, 0.6) is 0 Å². The van der Waals surface area contributed by atoms with Gasteiger partial charge in [0.1, 0.15) is 0 Å². The minimum atomic E-state index is 0.771. The van der Waals surface area contributed by atoms with E-state index in [1.807, 2.05) is 0 Å². The molecule has 0 aliphatic heterocycles. The summed E-state index contributed by atoms with van der Waals surface area (Å²) < 4.78 is 0. The highest BCUT2D eigenvalue weighted by molar-refractivity contribution is 5.24. The highest BCUT2D eigenvalue weighted by atomic mass is 14.8. The lowest BCUT2D eigenvalue weighted by atomic mass is 9.27. The van der Waals surface area contributed by atoms with Crippen LogP contribution >= 0.6 is 0 Å². The van der Waals surface area contributed by atoms with Crippen molar-refractivity contribution >= 4 is 0 Å². The van der Waals surface area contributed by atoms with Gasteiger partial charge in [0.2, 0.25) is 0 Å². The molecule has 0 N–H and O–H groups in total. The van der Waals surface area contributed by atoms with Gasteiger partial charge in [-0.05, 0) is 184 Å². The second-order valence-corrected chi connectivity index (χ2v) is 17.7. The second kappa shape index (κ2) is 6.17. The predicted molar refractivity (Wildman–Crippen MR) is 139 cm³/mol. The summed E-state index contributed by atoms with van der Waals surface area (Å²) in [6.45, 7) is 5.17. The van der Waals surface area contributed by atoms with E-state index in [1.165, 1.54) is 12.8 Å². The molecule has 0 amide bonds. The number of rotatable bonds is 4. The van der Waals surface area contributed by atoms with E-state index in [2.05, 4.69) is 13.8 Å². The Morgan fingerprint density at radius 1 is 0.382 bits per heavy atom. The van der Waals surface area contributed by atoms with Crippen molar-refractivity contribution in [1.82, 2.24) is 0 Å². The first-order valence-corrected chi connectivity index (χ1v) is 16.3. The van der Waals surface area contributed by atoms with Gasteiger partial charge in [0.25, 0.3) is 0 Å². The van der Waals surface area contributed by atoms with Crippen LogP contribution in [0.1, 0.15) is 142 Å². The van der Waals surface area contributed by atoms with Crippen molar-refractivity contribution in [3.8, 4) is 0 Å². The van der Waals surface area contributed by atoms with Crippen molar-refractivity contribution in [3.05, 3.63) is 0 Å². The molecule has 12 saturated carbocycles. The van der Waals surface area contributed by atoms with E-state index in [0.29, 0.717) is 0 Å². The predicted octanol–water partition coefficient (Wildman–Crippen LogP) is 9.57. The second-order valence-electron chi connectivity index (χ2n) is 17.7. The van der Waals surface area contributed by atoms with Gasteiger partial charge in [-0.15, -0.1) is 0 Å². The molecule has 4 atom stereocenters. The van der Waals surface area contributed by atoms with Crippen molar-refractivity contribution < 1.29 is 0 Å². The van der Waals surface area contributed by atoms with Gasteiger partial charge in [-0.2, -0.15) is 0 Å². The quantitative estimate of drug-likeness (QED) is 0.392. The Morgan fingerprint density at radius 3 is 0.941 bits per heavy atom. The van der Waals surface area contributed by atoms with Crippen LogP contribution in [0.3, 0.4) is 0 Å². The van der Waals surface area contributed by atoms with Crippen molar-refractivity contribution in [1.29, 1.82) is 0 Å². The molecule has 0 nitrogen and oxygen atoms in total. The Hall–Kier alpha value is 0. The van der Waals surface area contributed by atoms with Gasteiger partial charge in [-0.3, -0.25) is 0 Å². The number of hydrogen-bond acceptors (Lipinski definition) is 0. The molecule has 0 heteroatoms. The standard InChI is InChI=1S/C34H52/c1-3-29-8-23-5-24(9-29)13-31(12-23,20-29)33-16-27-7-28(17-33)19-34(18-27,22-33)32-14-25-6-26(15-32)11-30(4-2,10-25)21-32/h23-28H,3-22H2,1-2H3. The molecule has 0 heterocycles. The Morgan fingerprint density at radius 2 is 0.647 bits per heavy atom. The minimum Gasteiger partial charge on any atom is -0.0649 e. The first kappa shape index (κ1) is 21.0. The molecule has 188 valence electrons. The normalized spacial score (nSPS) is 66.5. The average molecular weight is 461 g/mol. The van der Waals surface area contributed by atoms with Gasteiger partial charge in [-0.1, -0.05) is 26.7 Å². The van der Waals surface area contributed by atoms with E-state index in [4.69, 9.17) is 0 Å². The van der Waals surface area contributed by atoms with Gasteiger partial charge in [0.15, 0.2) is 0 Å². The fourth-order valence-corrected chi connectivity index (χ4v) is 16.5. The largest absolute Gasteiger partial charge is 0.0649 e.